The van der Waals surface area contributed by atoms with Gasteiger partial charge in [-0.25, -0.2) is 9.59 Å². The number of hydrogen-bond donors (Lipinski definition) is 2. The molecule has 0 radical (unpaired) electrons. The van der Waals surface area contributed by atoms with Crippen molar-refractivity contribution in [2.24, 2.45) is 5.92 Å². The Kier molecular flexibility index (Phi) is 10.7. The highest BCUT2D eigenvalue weighted by Gasteiger charge is 2.35. The van der Waals surface area contributed by atoms with Crippen LogP contribution in [-0.4, -0.2) is 66.0 Å². The topological polar surface area (TPSA) is 114 Å². The lowest BCUT2D eigenvalue weighted by atomic mass is 9.97. The quantitative estimate of drug-likeness (QED) is 0.253. The fourth-order valence-electron chi connectivity index (χ4n) is 6.27. The Labute approximate surface area is 282 Å². The minimum absolute atomic E-state index is 0.0674. The summed E-state index contributed by atoms with van der Waals surface area (Å²) in [6.45, 7) is 9.26. The first-order valence-corrected chi connectivity index (χ1v) is 16.6. The van der Waals surface area contributed by atoms with Crippen LogP contribution in [0.25, 0.3) is 11.1 Å². The second kappa shape index (κ2) is 14.9. The lowest BCUT2D eigenvalue weighted by Gasteiger charge is -2.34. The molecule has 3 unspecified atom stereocenters. The summed E-state index contributed by atoms with van der Waals surface area (Å²) in [7, 11) is 0. The largest absolute Gasteiger partial charge is 0.458 e. The van der Waals surface area contributed by atoms with Gasteiger partial charge >= 0.3 is 12.1 Å². The molecule has 1 aliphatic heterocycles. The summed E-state index contributed by atoms with van der Waals surface area (Å²) in [4.78, 5) is 54.8. The van der Waals surface area contributed by atoms with E-state index in [4.69, 9.17) is 9.47 Å². The van der Waals surface area contributed by atoms with Crippen LogP contribution in [-0.2, 0) is 30.3 Å². The number of hydrogen-bond acceptors (Lipinski definition) is 7. The third-order valence-corrected chi connectivity index (χ3v) is 8.78. The van der Waals surface area contributed by atoms with Crippen LogP contribution >= 0.6 is 0 Å². The third-order valence-electron chi connectivity index (χ3n) is 8.78. The SMILES string of the molecule is CCC(C)C(NC(=O)OCC1c2ccccc2-c2ccccc21)C(=O)N1CC(=O)C=C(NC(Cc2ccccc2)C(=O)OC(C)(C)C)C1. The van der Waals surface area contributed by atoms with Gasteiger partial charge in [-0.05, 0) is 54.5 Å². The van der Waals surface area contributed by atoms with E-state index in [0.29, 0.717) is 18.5 Å². The van der Waals surface area contributed by atoms with E-state index >= 15 is 0 Å². The summed E-state index contributed by atoms with van der Waals surface area (Å²) in [5.41, 5.74) is 5.07. The molecule has 0 saturated carbocycles. The first-order chi connectivity index (χ1) is 22.9. The lowest BCUT2D eigenvalue weighted by molar-refractivity contribution is -0.157. The average molecular weight is 652 g/mol. The standard InChI is InChI=1S/C39H45N3O6/c1-6-25(2)35(41-38(46)47-24-33-31-18-12-10-16-29(31)30-17-11-13-19-32(30)33)36(44)42-22-27(21-28(43)23-42)40-34(37(45)48-39(3,4)5)20-26-14-8-7-9-15-26/h7-19,21,25,33-35,40H,6,20,22-24H2,1-5H3,(H,41,46). The van der Waals surface area contributed by atoms with Gasteiger partial charge in [-0.15, -0.1) is 0 Å². The summed E-state index contributed by atoms with van der Waals surface area (Å²) < 4.78 is 11.4. The summed E-state index contributed by atoms with van der Waals surface area (Å²) in [5, 5.41) is 6.00. The lowest BCUT2D eigenvalue weighted by Crippen LogP contribution is -2.55. The van der Waals surface area contributed by atoms with Crippen LogP contribution in [0.4, 0.5) is 4.79 Å². The number of amides is 2. The summed E-state index contributed by atoms with van der Waals surface area (Å²) in [6.07, 6.45) is 1.68. The van der Waals surface area contributed by atoms with Gasteiger partial charge in [0.05, 0.1) is 13.1 Å². The van der Waals surface area contributed by atoms with E-state index in [1.165, 1.54) is 11.0 Å². The molecule has 1 heterocycles. The third kappa shape index (κ3) is 8.32. The number of fused-ring (bicyclic) bond motifs is 3. The zero-order valence-electron chi connectivity index (χ0n) is 28.3. The van der Waals surface area contributed by atoms with E-state index in [0.717, 1.165) is 27.8 Å². The number of nitrogens with zero attached hydrogens (tertiary/aromatic N) is 1. The molecule has 5 rings (SSSR count). The number of ketones is 1. The van der Waals surface area contributed by atoms with E-state index in [1.54, 1.807) is 20.8 Å². The van der Waals surface area contributed by atoms with Gasteiger partial charge in [0.1, 0.15) is 24.3 Å². The van der Waals surface area contributed by atoms with Crippen molar-refractivity contribution in [2.75, 3.05) is 19.7 Å². The molecule has 2 N–H and O–H groups in total. The Morgan fingerprint density at radius 3 is 2.10 bits per heavy atom. The molecule has 0 aromatic heterocycles. The highest BCUT2D eigenvalue weighted by atomic mass is 16.6. The monoisotopic (exact) mass is 651 g/mol. The minimum atomic E-state index is -0.913. The van der Waals surface area contributed by atoms with Crippen LogP contribution in [0, 0.1) is 5.92 Å². The van der Waals surface area contributed by atoms with Crippen molar-refractivity contribution in [3.63, 3.8) is 0 Å². The normalized spacial score (nSPS) is 16.1. The van der Waals surface area contributed by atoms with Crippen molar-refractivity contribution in [1.29, 1.82) is 0 Å². The molecule has 3 aromatic rings. The Morgan fingerprint density at radius 1 is 0.896 bits per heavy atom. The maximum atomic E-state index is 14.0. The molecule has 0 bridgehead atoms. The van der Waals surface area contributed by atoms with E-state index in [2.05, 4.69) is 22.8 Å². The molecule has 9 nitrogen and oxygen atoms in total. The van der Waals surface area contributed by atoms with Gasteiger partial charge in [-0.2, -0.15) is 0 Å². The fraction of sp³-hybridized carbons (Fsp3) is 0.385. The smallest absolute Gasteiger partial charge is 0.407 e. The number of carbonyl (C=O) groups is 4. The van der Waals surface area contributed by atoms with Crippen molar-refractivity contribution in [3.8, 4) is 11.1 Å². The van der Waals surface area contributed by atoms with E-state index in [-0.39, 0.29) is 37.3 Å². The highest BCUT2D eigenvalue weighted by molar-refractivity contribution is 5.97. The zero-order valence-corrected chi connectivity index (χ0v) is 28.3. The molecule has 0 fully saturated rings. The van der Waals surface area contributed by atoms with E-state index in [9.17, 15) is 19.2 Å². The molecule has 9 heteroatoms. The van der Waals surface area contributed by atoms with E-state index in [1.807, 2.05) is 80.6 Å². The number of benzene rings is 3. The van der Waals surface area contributed by atoms with Gasteiger partial charge in [0.15, 0.2) is 5.78 Å². The van der Waals surface area contributed by atoms with Crippen molar-refractivity contribution >= 4 is 23.8 Å². The van der Waals surface area contributed by atoms with Crippen LogP contribution in [0.2, 0.25) is 0 Å². The van der Waals surface area contributed by atoms with Crippen LogP contribution in [0.5, 0.6) is 0 Å². The summed E-state index contributed by atoms with van der Waals surface area (Å²) in [5.74, 6) is -1.49. The molecular formula is C39H45N3O6. The van der Waals surface area contributed by atoms with Crippen molar-refractivity contribution in [3.05, 3.63) is 107 Å². The predicted octanol–water partition coefficient (Wildman–Crippen LogP) is 5.78. The Bertz CT molecular complexity index is 1630. The van der Waals surface area contributed by atoms with Gasteiger partial charge in [0.2, 0.25) is 5.91 Å². The average Bonchev–Trinajstić information content (AvgIpc) is 3.38. The first kappa shape index (κ1) is 34.4. The zero-order chi connectivity index (χ0) is 34.4. The molecule has 2 aliphatic rings. The van der Waals surface area contributed by atoms with Gasteiger partial charge in [-0.1, -0.05) is 99.1 Å². The van der Waals surface area contributed by atoms with Gasteiger partial charge in [0.25, 0.3) is 0 Å². The van der Waals surface area contributed by atoms with Gasteiger partial charge in [0, 0.05) is 24.1 Å². The fourth-order valence-corrected chi connectivity index (χ4v) is 6.27. The molecule has 2 amide bonds. The molecule has 3 aromatic carbocycles. The van der Waals surface area contributed by atoms with Crippen LogP contribution in [0.3, 0.4) is 0 Å². The van der Waals surface area contributed by atoms with E-state index < -0.39 is 35.7 Å². The Hall–Kier alpha value is -4.92. The number of esters is 1. The van der Waals surface area contributed by atoms with Crippen LogP contribution in [0.15, 0.2) is 90.6 Å². The molecule has 0 saturated heterocycles. The maximum Gasteiger partial charge on any atom is 0.407 e. The predicted molar refractivity (Wildman–Crippen MR) is 184 cm³/mol. The minimum Gasteiger partial charge on any atom is -0.458 e. The van der Waals surface area contributed by atoms with Gasteiger partial charge in [-0.3, -0.25) is 9.59 Å². The Balaban J connectivity index is 1.26. The second-order valence-corrected chi connectivity index (χ2v) is 13.6. The highest BCUT2D eigenvalue weighted by Crippen LogP contribution is 2.44. The first-order valence-electron chi connectivity index (χ1n) is 16.6. The number of ether oxygens (including phenoxy) is 2. The number of nitrogens with one attached hydrogen (secondary N) is 2. The molecule has 48 heavy (non-hydrogen) atoms. The van der Waals surface area contributed by atoms with Crippen molar-refractivity contribution in [1.82, 2.24) is 15.5 Å². The van der Waals surface area contributed by atoms with Crippen molar-refractivity contribution < 1.29 is 28.7 Å². The molecule has 0 spiro atoms. The summed E-state index contributed by atoms with van der Waals surface area (Å²) >= 11 is 0. The van der Waals surface area contributed by atoms with Crippen LogP contribution in [0.1, 0.15) is 63.6 Å². The molecule has 252 valence electrons. The molecule has 1 aliphatic carbocycles. The molecular weight excluding hydrogens is 606 g/mol. The second-order valence-electron chi connectivity index (χ2n) is 13.6. The number of carbonyl (C=O) groups excluding carboxylic acids is 4. The maximum absolute atomic E-state index is 14.0. The number of alkyl carbamates (subject to hydrolysis) is 1. The Morgan fingerprint density at radius 2 is 1.50 bits per heavy atom. The van der Waals surface area contributed by atoms with Crippen LogP contribution < -0.4 is 10.6 Å². The summed E-state index contributed by atoms with van der Waals surface area (Å²) in [6, 6.07) is 24.0. The van der Waals surface area contributed by atoms with Crippen molar-refractivity contribution in [2.45, 2.75) is 71.1 Å². The number of rotatable bonds is 11. The van der Waals surface area contributed by atoms with Gasteiger partial charge < -0.3 is 25.0 Å². The molecule has 3 atom stereocenters.